The highest BCUT2D eigenvalue weighted by molar-refractivity contribution is 6.10. The Hall–Kier alpha value is -3.75. The third-order valence-corrected chi connectivity index (χ3v) is 5.75. The highest BCUT2D eigenvalue weighted by Gasteiger charge is 2.53. The Labute approximate surface area is 171 Å². The van der Waals surface area contributed by atoms with Crippen molar-refractivity contribution >= 4 is 23.3 Å². The SMILES string of the molecule is CC1=C2C(=O)O[C@@H](c3ccoc3)[C@]2(C)CC/C1=N\NC(=O)c1ccc([N+](=O)[O-])cc1. The Balaban J connectivity index is 1.56. The molecule has 1 N–H and O–H groups in total. The molecule has 0 saturated carbocycles. The number of nitro groups is 1. The molecule has 2 aromatic rings. The summed E-state index contributed by atoms with van der Waals surface area (Å²) in [5, 5.41) is 14.9. The zero-order valence-electron chi connectivity index (χ0n) is 16.4. The fourth-order valence-electron chi connectivity index (χ4n) is 4.12. The van der Waals surface area contributed by atoms with Crippen LogP contribution in [0.25, 0.3) is 0 Å². The van der Waals surface area contributed by atoms with Gasteiger partial charge >= 0.3 is 5.97 Å². The molecule has 0 radical (unpaired) electrons. The fraction of sp³-hybridized carbons (Fsp3) is 0.286. The Kier molecular flexibility index (Phi) is 4.73. The molecule has 154 valence electrons. The highest BCUT2D eigenvalue weighted by atomic mass is 16.6. The number of nitro benzene ring substituents is 1. The lowest BCUT2D eigenvalue weighted by Gasteiger charge is -2.33. The molecule has 2 aliphatic rings. The van der Waals surface area contributed by atoms with Gasteiger partial charge in [-0.25, -0.2) is 10.2 Å². The molecule has 1 saturated heterocycles. The Morgan fingerprint density at radius 1 is 1.30 bits per heavy atom. The summed E-state index contributed by atoms with van der Waals surface area (Å²) >= 11 is 0. The molecular weight excluding hydrogens is 390 g/mol. The van der Waals surface area contributed by atoms with Crippen LogP contribution in [0, 0.1) is 15.5 Å². The van der Waals surface area contributed by atoms with Crippen molar-refractivity contribution in [1.82, 2.24) is 5.43 Å². The highest BCUT2D eigenvalue weighted by Crippen LogP contribution is 2.55. The van der Waals surface area contributed by atoms with Gasteiger partial charge < -0.3 is 9.15 Å². The van der Waals surface area contributed by atoms with Crippen LogP contribution in [0.15, 0.2) is 63.5 Å². The lowest BCUT2D eigenvalue weighted by atomic mass is 9.68. The quantitative estimate of drug-likeness (QED) is 0.467. The lowest BCUT2D eigenvalue weighted by Crippen LogP contribution is -2.31. The number of allylic oxidation sites excluding steroid dienone is 1. The number of esters is 1. The molecule has 9 heteroatoms. The summed E-state index contributed by atoms with van der Waals surface area (Å²) in [6.45, 7) is 3.78. The van der Waals surface area contributed by atoms with Gasteiger partial charge in [0.05, 0.1) is 28.7 Å². The first-order valence-corrected chi connectivity index (χ1v) is 9.37. The maximum atomic E-state index is 12.6. The molecule has 9 nitrogen and oxygen atoms in total. The first kappa shape index (κ1) is 19.6. The molecular formula is C21H19N3O6. The number of carbonyl (C=O) groups excluding carboxylic acids is 2. The third-order valence-electron chi connectivity index (χ3n) is 5.75. The first-order chi connectivity index (χ1) is 14.3. The minimum atomic E-state index is -0.534. The Morgan fingerprint density at radius 3 is 2.67 bits per heavy atom. The number of amides is 1. The molecule has 2 atom stereocenters. The van der Waals surface area contributed by atoms with Crippen LogP contribution in [-0.4, -0.2) is 22.5 Å². The largest absolute Gasteiger partial charge is 0.472 e. The number of rotatable bonds is 4. The Bertz CT molecular complexity index is 1080. The van der Waals surface area contributed by atoms with Crippen LogP contribution in [0.5, 0.6) is 0 Å². The molecule has 1 aliphatic heterocycles. The number of hydrogen-bond acceptors (Lipinski definition) is 7. The van der Waals surface area contributed by atoms with E-state index in [0.717, 1.165) is 5.56 Å². The van der Waals surface area contributed by atoms with Gasteiger partial charge in [-0.3, -0.25) is 14.9 Å². The molecule has 1 fully saturated rings. The topological polar surface area (TPSA) is 124 Å². The van der Waals surface area contributed by atoms with Crippen LogP contribution >= 0.6 is 0 Å². The van der Waals surface area contributed by atoms with E-state index in [1.54, 1.807) is 25.5 Å². The fourth-order valence-corrected chi connectivity index (χ4v) is 4.12. The summed E-state index contributed by atoms with van der Waals surface area (Å²) in [5.41, 5.74) is 4.76. The number of benzene rings is 1. The average Bonchev–Trinajstić information content (AvgIpc) is 3.34. The van der Waals surface area contributed by atoms with E-state index in [-0.39, 0.29) is 11.3 Å². The van der Waals surface area contributed by atoms with Crippen LogP contribution in [-0.2, 0) is 9.53 Å². The van der Waals surface area contributed by atoms with E-state index < -0.39 is 28.3 Å². The second-order valence-electron chi connectivity index (χ2n) is 7.56. The number of nitrogens with zero attached hydrogens (tertiary/aromatic N) is 2. The van der Waals surface area contributed by atoms with Gasteiger partial charge in [0.15, 0.2) is 0 Å². The van der Waals surface area contributed by atoms with Gasteiger partial charge in [0.25, 0.3) is 11.6 Å². The number of nitrogens with one attached hydrogen (secondary N) is 1. The molecule has 0 bridgehead atoms. The summed E-state index contributed by atoms with van der Waals surface area (Å²) < 4.78 is 10.8. The average molecular weight is 409 g/mol. The number of hydrogen-bond donors (Lipinski definition) is 1. The van der Waals surface area contributed by atoms with Crippen molar-refractivity contribution in [1.29, 1.82) is 0 Å². The summed E-state index contributed by atoms with van der Waals surface area (Å²) in [4.78, 5) is 35.1. The monoisotopic (exact) mass is 409 g/mol. The molecule has 1 aromatic heterocycles. The van der Waals surface area contributed by atoms with Crippen molar-refractivity contribution < 1.29 is 23.7 Å². The summed E-state index contributed by atoms with van der Waals surface area (Å²) in [7, 11) is 0. The number of fused-ring (bicyclic) bond motifs is 1. The smallest absolute Gasteiger partial charge is 0.335 e. The lowest BCUT2D eigenvalue weighted by molar-refractivity contribution is -0.384. The maximum Gasteiger partial charge on any atom is 0.335 e. The van der Waals surface area contributed by atoms with Gasteiger partial charge in [-0.05, 0) is 43.5 Å². The Morgan fingerprint density at radius 2 is 2.03 bits per heavy atom. The van der Waals surface area contributed by atoms with Gasteiger partial charge in [-0.2, -0.15) is 5.10 Å². The van der Waals surface area contributed by atoms with Crippen molar-refractivity contribution in [3.8, 4) is 0 Å². The van der Waals surface area contributed by atoms with Crippen molar-refractivity contribution in [2.24, 2.45) is 10.5 Å². The first-order valence-electron chi connectivity index (χ1n) is 9.37. The van der Waals surface area contributed by atoms with E-state index in [9.17, 15) is 19.7 Å². The zero-order valence-corrected chi connectivity index (χ0v) is 16.4. The molecule has 1 aliphatic carbocycles. The van der Waals surface area contributed by atoms with Crippen LogP contribution < -0.4 is 5.43 Å². The predicted molar refractivity (Wildman–Crippen MR) is 106 cm³/mol. The van der Waals surface area contributed by atoms with Gasteiger partial charge in [-0.15, -0.1) is 0 Å². The van der Waals surface area contributed by atoms with Crippen LogP contribution in [0.3, 0.4) is 0 Å². The zero-order chi connectivity index (χ0) is 21.5. The van der Waals surface area contributed by atoms with Gasteiger partial charge in [0, 0.05) is 28.7 Å². The van der Waals surface area contributed by atoms with E-state index in [0.29, 0.717) is 29.7 Å². The minimum absolute atomic E-state index is 0.100. The van der Waals surface area contributed by atoms with Crippen molar-refractivity contribution in [2.75, 3.05) is 0 Å². The minimum Gasteiger partial charge on any atom is -0.472 e. The molecule has 2 heterocycles. The molecule has 1 aromatic carbocycles. The van der Waals surface area contributed by atoms with E-state index >= 15 is 0 Å². The number of furan rings is 1. The number of hydrazone groups is 1. The maximum absolute atomic E-state index is 12.6. The van der Waals surface area contributed by atoms with Crippen LogP contribution in [0.2, 0.25) is 0 Å². The van der Waals surface area contributed by atoms with Crippen LogP contribution in [0.4, 0.5) is 5.69 Å². The second kappa shape index (κ2) is 7.25. The number of cyclic esters (lactones) is 1. The molecule has 0 unspecified atom stereocenters. The second-order valence-corrected chi connectivity index (χ2v) is 7.56. The van der Waals surface area contributed by atoms with Crippen molar-refractivity contribution in [3.63, 3.8) is 0 Å². The van der Waals surface area contributed by atoms with Gasteiger partial charge in [-0.1, -0.05) is 6.92 Å². The van der Waals surface area contributed by atoms with E-state index in [2.05, 4.69) is 10.5 Å². The number of non-ortho nitro benzene ring substituents is 1. The molecule has 4 rings (SSSR count). The van der Waals surface area contributed by atoms with Gasteiger partial charge in [0.2, 0.25) is 0 Å². The van der Waals surface area contributed by atoms with E-state index in [4.69, 9.17) is 9.15 Å². The number of carbonyl (C=O) groups is 2. The van der Waals surface area contributed by atoms with E-state index in [1.165, 1.54) is 24.3 Å². The normalized spacial score (nSPS) is 24.5. The summed E-state index contributed by atoms with van der Waals surface area (Å²) in [6.07, 6.45) is 3.87. The molecule has 1 amide bonds. The molecule has 0 spiro atoms. The number of ether oxygens (including phenoxy) is 1. The summed E-state index contributed by atoms with van der Waals surface area (Å²) in [6, 6.07) is 7.02. The standard InChI is InChI=1S/C21H19N3O6/c1-12-16(22-23-19(25)13-3-5-15(6-4-13)24(27)28)7-9-21(2)17(12)20(26)30-18(21)14-8-10-29-11-14/h3-6,8,10-11,18H,7,9H2,1-2H3,(H,23,25)/b22-16+/t18-,21+/m0/s1. The van der Waals surface area contributed by atoms with E-state index in [1.807, 2.05) is 6.92 Å². The van der Waals surface area contributed by atoms with Gasteiger partial charge in [0.1, 0.15) is 6.10 Å². The molecule has 30 heavy (non-hydrogen) atoms. The third kappa shape index (κ3) is 3.18. The van der Waals surface area contributed by atoms with Crippen molar-refractivity contribution in [3.05, 3.63) is 75.2 Å². The predicted octanol–water partition coefficient (Wildman–Crippen LogP) is 3.69. The van der Waals surface area contributed by atoms with Crippen molar-refractivity contribution in [2.45, 2.75) is 32.8 Å². The summed E-state index contributed by atoms with van der Waals surface area (Å²) in [5.74, 6) is -0.885. The van der Waals surface area contributed by atoms with Crippen LogP contribution in [0.1, 0.15) is 48.7 Å².